The van der Waals surface area contributed by atoms with Gasteiger partial charge in [-0.2, -0.15) is 4.98 Å². The molecule has 12 heteroatoms. The van der Waals surface area contributed by atoms with Crippen LogP contribution in [0.5, 0.6) is 17.2 Å². The number of hydrogen-bond acceptors (Lipinski definition) is 9. The van der Waals surface area contributed by atoms with Crippen molar-refractivity contribution in [1.82, 2.24) is 15.0 Å². The van der Waals surface area contributed by atoms with Gasteiger partial charge in [-0.3, -0.25) is 4.31 Å². The Kier molecular flexibility index (Phi) is 7.58. The van der Waals surface area contributed by atoms with Crippen molar-refractivity contribution in [2.24, 2.45) is 0 Å². The van der Waals surface area contributed by atoms with E-state index in [0.717, 1.165) is 11.1 Å². The van der Waals surface area contributed by atoms with Crippen LogP contribution in [0.4, 0.5) is 23.0 Å². The maximum Gasteiger partial charge on any atom is 0.232 e. The number of hydrogen-bond donors (Lipinski definition) is 3. The fourth-order valence-corrected chi connectivity index (χ4v) is 5.07. The molecular formula is C25H30N6O5S. The van der Waals surface area contributed by atoms with E-state index in [4.69, 9.17) is 19.2 Å². The van der Waals surface area contributed by atoms with Crippen molar-refractivity contribution in [2.45, 2.75) is 13.5 Å². The first-order valence-electron chi connectivity index (χ1n) is 11.5. The molecule has 0 saturated heterocycles. The molecule has 2 aromatic heterocycles. The van der Waals surface area contributed by atoms with Crippen molar-refractivity contribution in [1.29, 1.82) is 0 Å². The molecule has 3 N–H and O–H groups in total. The molecular weight excluding hydrogens is 496 g/mol. The molecule has 4 aromatic rings. The van der Waals surface area contributed by atoms with Crippen LogP contribution in [0.1, 0.15) is 12.6 Å². The van der Waals surface area contributed by atoms with Gasteiger partial charge >= 0.3 is 0 Å². The number of para-hydroxylation sites is 2. The third-order valence-electron chi connectivity index (χ3n) is 5.72. The van der Waals surface area contributed by atoms with E-state index in [1.807, 2.05) is 24.3 Å². The number of fused-ring (bicyclic) bond motifs is 1. The topological polar surface area (TPSA) is 131 Å². The molecule has 0 unspecified atom stereocenters. The normalized spacial score (nSPS) is 11.3. The standard InChI is InChI=1S/C25H30N6O5S/c1-6-31(37(5,32)33)20-10-8-7-9-18(20)27-15-19-17-11-12-26-24(17)30-25(29-19)28-16-13-21(34-2)23(36-4)22(14-16)35-3/h7-14,27H,6,15H2,1-5H3,(H2,26,28,29,30). The van der Waals surface area contributed by atoms with Crippen molar-refractivity contribution in [2.75, 3.05) is 49.1 Å². The molecule has 0 amide bonds. The van der Waals surface area contributed by atoms with Crippen LogP contribution in [0.15, 0.2) is 48.7 Å². The van der Waals surface area contributed by atoms with Gasteiger partial charge < -0.3 is 29.8 Å². The Bertz CT molecular complexity index is 1480. The highest BCUT2D eigenvalue weighted by Crippen LogP contribution is 2.40. The van der Waals surface area contributed by atoms with Gasteiger partial charge in [-0.05, 0) is 25.1 Å². The minimum Gasteiger partial charge on any atom is -0.493 e. The van der Waals surface area contributed by atoms with Gasteiger partial charge in [0.25, 0.3) is 0 Å². The highest BCUT2D eigenvalue weighted by molar-refractivity contribution is 7.92. The first-order chi connectivity index (χ1) is 17.8. The second-order valence-corrected chi connectivity index (χ2v) is 9.98. The number of nitrogens with zero attached hydrogens (tertiary/aromatic N) is 3. The molecule has 0 saturated carbocycles. The van der Waals surface area contributed by atoms with E-state index in [1.54, 1.807) is 52.6 Å². The lowest BCUT2D eigenvalue weighted by Gasteiger charge is -2.23. The van der Waals surface area contributed by atoms with Crippen molar-refractivity contribution in [3.05, 3.63) is 54.4 Å². The summed E-state index contributed by atoms with van der Waals surface area (Å²) in [6.45, 7) is 2.45. The molecule has 196 valence electrons. The first kappa shape index (κ1) is 25.9. The zero-order chi connectivity index (χ0) is 26.6. The van der Waals surface area contributed by atoms with E-state index in [2.05, 4.69) is 20.6 Å². The summed E-state index contributed by atoms with van der Waals surface area (Å²) in [4.78, 5) is 12.4. The number of methoxy groups -OCH3 is 3. The molecule has 0 aliphatic rings. The smallest absolute Gasteiger partial charge is 0.232 e. The third-order valence-corrected chi connectivity index (χ3v) is 6.98. The van der Waals surface area contributed by atoms with Crippen LogP contribution in [0.2, 0.25) is 0 Å². The summed E-state index contributed by atoms with van der Waals surface area (Å²) >= 11 is 0. The molecule has 2 heterocycles. The third kappa shape index (κ3) is 5.48. The average Bonchev–Trinajstić information content (AvgIpc) is 3.35. The Labute approximate surface area is 215 Å². The summed E-state index contributed by atoms with van der Waals surface area (Å²) < 4.78 is 42.3. The lowest BCUT2D eigenvalue weighted by Crippen LogP contribution is -2.30. The van der Waals surface area contributed by atoms with Crippen LogP contribution in [0, 0.1) is 0 Å². The minimum absolute atomic E-state index is 0.315. The fourth-order valence-electron chi connectivity index (χ4n) is 4.08. The van der Waals surface area contributed by atoms with Crippen molar-refractivity contribution < 1.29 is 22.6 Å². The van der Waals surface area contributed by atoms with Gasteiger partial charge in [0.2, 0.25) is 21.7 Å². The van der Waals surface area contributed by atoms with Crippen LogP contribution >= 0.6 is 0 Å². The van der Waals surface area contributed by atoms with Gasteiger partial charge in [-0.25, -0.2) is 13.4 Å². The summed E-state index contributed by atoms with van der Waals surface area (Å²) in [6, 6.07) is 12.7. The predicted molar refractivity (Wildman–Crippen MR) is 145 cm³/mol. The Morgan fingerprint density at radius 2 is 1.70 bits per heavy atom. The lowest BCUT2D eigenvalue weighted by molar-refractivity contribution is 0.324. The number of sulfonamides is 1. The van der Waals surface area contributed by atoms with E-state index >= 15 is 0 Å². The Morgan fingerprint density at radius 1 is 1.00 bits per heavy atom. The van der Waals surface area contributed by atoms with E-state index in [-0.39, 0.29) is 0 Å². The molecule has 0 aliphatic carbocycles. The van der Waals surface area contributed by atoms with E-state index < -0.39 is 10.0 Å². The summed E-state index contributed by atoms with van der Waals surface area (Å²) in [5.41, 5.74) is 3.27. The molecule has 0 radical (unpaired) electrons. The summed E-state index contributed by atoms with van der Waals surface area (Å²) in [7, 11) is 1.21. The lowest BCUT2D eigenvalue weighted by atomic mass is 10.2. The van der Waals surface area contributed by atoms with Gasteiger partial charge in [-0.15, -0.1) is 0 Å². The van der Waals surface area contributed by atoms with Crippen LogP contribution in [0.25, 0.3) is 11.0 Å². The van der Waals surface area contributed by atoms with Gasteiger partial charge in [0.05, 0.1) is 51.2 Å². The number of aromatic amines is 1. The van der Waals surface area contributed by atoms with E-state index in [0.29, 0.717) is 59.0 Å². The maximum absolute atomic E-state index is 12.3. The number of ether oxygens (including phenoxy) is 3. The average molecular weight is 527 g/mol. The zero-order valence-electron chi connectivity index (χ0n) is 21.3. The van der Waals surface area contributed by atoms with Crippen LogP contribution in [-0.2, 0) is 16.6 Å². The number of rotatable bonds is 11. The first-order valence-corrected chi connectivity index (χ1v) is 13.4. The molecule has 0 spiro atoms. The number of aromatic nitrogens is 3. The van der Waals surface area contributed by atoms with Gasteiger partial charge in [0.15, 0.2) is 11.5 Å². The molecule has 4 rings (SSSR count). The molecule has 0 fully saturated rings. The second-order valence-electron chi connectivity index (χ2n) is 8.07. The molecule has 2 aromatic carbocycles. The number of H-pyrrole nitrogens is 1. The minimum atomic E-state index is -3.43. The molecule has 37 heavy (non-hydrogen) atoms. The quantitative estimate of drug-likeness (QED) is 0.264. The van der Waals surface area contributed by atoms with Gasteiger partial charge in [0.1, 0.15) is 5.65 Å². The molecule has 11 nitrogen and oxygen atoms in total. The molecule has 0 bridgehead atoms. The largest absolute Gasteiger partial charge is 0.493 e. The predicted octanol–water partition coefficient (Wildman–Crippen LogP) is 4.13. The summed E-state index contributed by atoms with van der Waals surface area (Å²) in [5.74, 6) is 1.83. The van der Waals surface area contributed by atoms with Gasteiger partial charge in [0, 0.05) is 35.9 Å². The van der Waals surface area contributed by atoms with Crippen LogP contribution < -0.4 is 29.1 Å². The Morgan fingerprint density at radius 3 is 2.32 bits per heavy atom. The highest BCUT2D eigenvalue weighted by Gasteiger charge is 2.19. The monoisotopic (exact) mass is 526 g/mol. The summed E-state index contributed by atoms with van der Waals surface area (Å²) in [6.07, 6.45) is 2.99. The van der Waals surface area contributed by atoms with E-state index in [1.165, 1.54) is 10.6 Å². The number of nitrogens with one attached hydrogen (secondary N) is 3. The Balaban J connectivity index is 1.66. The van der Waals surface area contributed by atoms with Crippen molar-refractivity contribution in [3.8, 4) is 17.2 Å². The van der Waals surface area contributed by atoms with Crippen molar-refractivity contribution >= 4 is 44.1 Å². The van der Waals surface area contributed by atoms with Gasteiger partial charge in [-0.1, -0.05) is 12.1 Å². The number of benzene rings is 2. The number of anilines is 4. The van der Waals surface area contributed by atoms with Crippen molar-refractivity contribution in [3.63, 3.8) is 0 Å². The van der Waals surface area contributed by atoms with Crippen LogP contribution in [0.3, 0.4) is 0 Å². The van der Waals surface area contributed by atoms with Crippen LogP contribution in [-0.4, -0.2) is 57.5 Å². The molecule has 0 atom stereocenters. The zero-order valence-corrected chi connectivity index (χ0v) is 22.1. The maximum atomic E-state index is 12.3. The Hall–Kier alpha value is -4.19. The SMILES string of the molecule is CCN(c1ccccc1NCc1nc(Nc2cc(OC)c(OC)c(OC)c2)nc2[nH]ccc12)S(C)(=O)=O. The summed E-state index contributed by atoms with van der Waals surface area (Å²) in [5, 5.41) is 7.40. The highest BCUT2D eigenvalue weighted by atomic mass is 32.2. The fraction of sp³-hybridized carbons (Fsp3) is 0.280. The second kappa shape index (κ2) is 10.8. The molecule has 0 aliphatic heterocycles. The van der Waals surface area contributed by atoms with E-state index in [9.17, 15) is 8.42 Å².